The Morgan fingerprint density at radius 2 is 1.33 bits per heavy atom. The zero-order valence-electron chi connectivity index (χ0n) is 12.5. The van der Waals surface area contributed by atoms with E-state index in [-0.39, 0.29) is 0 Å². The first-order valence-electron chi connectivity index (χ1n) is 7.94. The van der Waals surface area contributed by atoms with Crippen LogP contribution in [0.15, 0.2) is 12.2 Å². The smallest absolute Gasteiger partial charge is 0.0971 e. The fourth-order valence-corrected chi connectivity index (χ4v) is 3.64. The number of quaternary nitrogens is 2. The van der Waals surface area contributed by atoms with Crippen molar-refractivity contribution in [1.82, 2.24) is 0 Å². The minimum atomic E-state index is 1.26. The summed E-state index contributed by atoms with van der Waals surface area (Å²) in [5.74, 6) is 0. The van der Waals surface area contributed by atoms with Gasteiger partial charge in [-0.2, -0.15) is 0 Å². The predicted octanol–water partition coefficient (Wildman–Crippen LogP) is 2.80. The standard InChI is InChI=1S/C16H32N2/c1-17(13-7-8-14-17)11-5-3-4-6-12-18(2)15-9-10-16-18/h3,5H,4,6-16H2,1-2H3/q+2/b5-3+. The molecule has 0 unspecified atom stereocenters. The molecule has 0 amide bonds. The van der Waals surface area contributed by atoms with Crippen LogP contribution in [-0.4, -0.2) is 62.3 Å². The Morgan fingerprint density at radius 1 is 0.778 bits per heavy atom. The van der Waals surface area contributed by atoms with Crippen LogP contribution in [0.3, 0.4) is 0 Å². The zero-order valence-corrected chi connectivity index (χ0v) is 12.5. The van der Waals surface area contributed by atoms with E-state index in [9.17, 15) is 0 Å². The molecule has 0 N–H and O–H groups in total. The van der Waals surface area contributed by atoms with Crippen LogP contribution >= 0.6 is 0 Å². The second-order valence-electron chi connectivity index (χ2n) is 7.07. The minimum absolute atomic E-state index is 1.26. The van der Waals surface area contributed by atoms with E-state index in [0.717, 1.165) is 0 Å². The number of unbranched alkanes of at least 4 members (excludes halogenated alkanes) is 1. The molecule has 2 rings (SSSR count). The first kappa shape index (κ1) is 14.1. The molecule has 0 radical (unpaired) electrons. The molecule has 0 spiro atoms. The van der Waals surface area contributed by atoms with Gasteiger partial charge < -0.3 is 8.97 Å². The number of likely N-dealkylation sites (tertiary alicyclic amines) is 2. The van der Waals surface area contributed by atoms with E-state index >= 15 is 0 Å². The molecule has 0 aliphatic carbocycles. The van der Waals surface area contributed by atoms with Crippen molar-refractivity contribution in [3.05, 3.63) is 12.2 Å². The monoisotopic (exact) mass is 252 g/mol. The van der Waals surface area contributed by atoms with Crippen molar-refractivity contribution in [2.45, 2.75) is 38.5 Å². The molecular formula is C16H32N2+2. The molecular weight excluding hydrogens is 220 g/mol. The first-order chi connectivity index (χ1) is 8.62. The van der Waals surface area contributed by atoms with Crippen LogP contribution in [0.4, 0.5) is 0 Å². The highest BCUT2D eigenvalue weighted by molar-refractivity contribution is 4.82. The molecule has 0 atom stereocenters. The summed E-state index contributed by atoms with van der Waals surface area (Å²) in [6.45, 7) is 8.25. The lowest BCUT2D eigenvalue weighted by Gasteiger charge is -2.29. The maximum absolute atomic E-state index is 2.44. The van der Waals surface area contributed by atoms with Crippen molar-refractivity contribution in [1.29, 1.82) is 0 Å². The molecule has 0 saturated carbocycles. The largest absolute Gasteiger partial charge is 0.326 e. The van der Waals surface area contributed by atoms with Gasteiger partial charge in [0, 0.05) is 32.1 Å². The van der Waals surface area contributed by atoms with Gasteiger partial charge in [0.1, 0.15) is 0 Å². The van der Waals surface area contributed by atoms with Crippen LogP contribution in [-0.2, 0) is 0 Å². The predicted molar refractivity (Wildman–Crippen MR) is 78.4 cm³/mol. The van der Waals surface area contributed by atoms with E-state index in [1.807, 2.05) is 0 Å². The van der Waals surface area contributed by atoms with Gasteiger partial charge in [-0.3, -0.25) is 0 Å². The van der Waals surface area contributed by atoms with Crippen LogP contribution in [0.1, 0.15) is 38.5 Å². The number of nitrogens with zero attached hydrogens (tertiary/aromatic N) is 2. The lowest BCUT2D eigenvalue weighted by molar-refractivity contribution is -0.897. The van der Waals surface area contributed by atoms with Crippen molar-refractivity contribution >= 4 is 0 Å². The Labute approximate surface area is 113 Å². The van der Waals surface area contributed by atoms with E-state index < -0.39 is 0 Å². The maximum Gasteiger partial charge on any atom is 0.0971 e. The van der Waals surface area contributed by atoms with Gasteiger partial charge in [0.15, 0.2) is 0 Å². The zero-order chi connectivity index (χ0) is 12.9. The van der Waals surface area contributed by atoms with Crippen molar-refractivity contribution in [2.75, 3.05) is 53.4 Å². The van der Waals surface area contributed by atoms with Crippen molar-refractivity contribution in [3.8, 4) is 0 Å². The topological polar surface area (TPSA) is 0 Å². The molecule has 2 aliphatic heterocycles. The maximum atomic E-state index is 2.44. The highest BCUT2D eigenvalue weighted by Crippen LogP contribution is 2.18. The summed E-state index contributed by atoms with van der Waals surface area (Å²) in [5.41, 5.74) is 0. The molecule has 0 aromatic carbocycles. The van der Waals surface area contributed by atoms with Crippen molar-refractivity contribution in [3.63, 3.8) is 0 Å². The quantitative estimate of drug-likeness (QED) is 0.387. The number of rotatable bonds is 6. The highest BCUT2D eigenvalue weighted by atomic mass is 15.3. The summed E-state index contributed by atoms with van der Waals surface area (Å²) in [5, 5.41) is 0. The number of hydrogen-bond donors (Lipinski definition) is 0. The second-order valence-corrected chi connectivity index (χ2v) is 7.07. The van der Waals surface area contributed by atoms with Gasteiger partial charge >= 0.3 is 0 Å². The molecule has 2 saturated heterocycles. The van der Waals surface area contributed by atoms with Crippen molar-refractivity contribution < 1.29 is 8.97 Å². The SMILES string of the molecule is C[N+]1(C/C=C/CCC[N+]2(C)CCCC2)CCCC1. The third-order valence-corrected chi connectivity index (χ3v) is 5.07. The van der Waals surface area contributed by atoms with Gasteiger partial charge in [-0.15, -0.1) is 0 Å². The Hall–Kier alpha value is -0.340. The molecule has 0 aromatic rings. The third kappa shape index (κ3) is 4.10. The molecule has 104 valence electrons. The average Bonchev–Trinajstić information content (AvgIpc) is 2.94. The van der Waals surface area contributed by atoms with Crippen LogP contribution in [0, 0.1) is 0 Å². The molecule has 0 aromatic heterocycles. The van der Waals surface area contributed by atoms with E-state index in [1.54, 1.807) is 0 Å². The summed E-state index contributed by atoms with van der Waals surface area (Å²) in [6, 6.07) is 0. The fourth-order valence-electron chi connectivity index (χ4n) is 3.64. The highest BCUT2D eigenvalue weighted by Gasteiger charge is 2.26. The van der Waals surface area contributed by atoms with Gasteiger partial charge in [0.25, 0.3) is 0 Å². The van der Waals surface area contributed by atoms with Gasteiger partial charge in [0.2, 0.25) is 0 Å². The van der Waals surface area contributed by atoms with E-state index in [2.05, 4.69) is 26.2 Å². The Kier molecular flexibility index (Phi) is 4.85. The third-order valence-electron chi connectivity index (χ3n) is 5.07. The average molecular weight is 252 g/mol. The molecule has 2 aliphatic rings. The van der Waals surface area contributed by atoms with Gasteiger partial charge in [-0.25, -0.2) is 0 Å². The first-order valence-corrected chi connectivity index (χ1v) is 7.94. The van der Waals surface area contributed by atoms with Crippen LogP contribution in [0.2, 0.25) is 0 Å². The Bertz CT molecular complexity index is 271. The van der Waals surface area contributed by atoms with Crippen LogP contribution in [0.5, 0.6) is 0 Å². The Morgan fingerprint density at radius 3 is 1.94 bits per heavy atom. The van der Waals surface area contributed by atoms with E-state index in [4.69, 9.17) is 0 Å². The molecule has 2 fully saturated rings. The summed E-state index contributed by atoms with van der Waals surface area (Å²) < 4.78 is 2.62. The number of allylic oxidation sites excluding steroid dienone is 1. The Balaban J connectivity index is 1.57. The molecule has 2 nitrogen and oxygen atoms in total. The van der Waals surface area contributed by atoms with Crippen molar-refractivity contribution in [2.24, 2.45) is 0 Å². The summed E-state index contributed by atoms with van der Waals surface area (Å²) in [4.78, 5) is 0. The summed E-state index contributed by atoms with van der Waals surface area (Å²) in [6.07, 6.45) is 13.3. The van der Waals surface area contributed by atoms with E-state index in [1.165, 1.54) is 86.8 Å². The molecule has 18 heavy (non-hydrogen) atoms. The summed E-state index contributed by atoms with van der Waals surface area (Å²) in [7, 11) is 4.85. The van der Waals surface area contributed by atoms with Gasteiger partial charge in [0.05, 0.1) is 53.4 Å². The molecule has 2 heteroatoms. The normalized spacial score (nSPS) is 26.1. The number of hydrogen-bond acceptors (Lipinski definition) is 0. The van der Waals surface area contributed by atoms with Crippen LogP contribution in [0.25, 0.3) is 0 Å². The molecule has 2 heterocycles. The van der Waals surface area contributed by atoms with E-state index in [0.29, 0.717) is 0 Å². The second kappa shape index (κ2) is 6.21. The van der Waals surface area contributed by atoms with Gasteiger partial charge in [-0.05, 0) is 12.5 Å². The summed E-state index contributed by atoms with van der Waals surface area (Å²) >= 11 is 0. The fraction of sp³-hybridized carbons (Fsp3) is 0.875. The van der Waals surface area contributed by atoms with Gasteiger partial charge in [-0.1, -0.05) is 6.08 Å². The molecule has 0 bridgehead atoms. The lowest BCUT2D eigenvalue weighted by atomic mass is 10.2. The van der Waals surface area contributed by atoms with Crippen LogP contribution < -0.4 is 0 Å². The number of likely N-dealkylation sites (N-methyl/N-ethyl adjacent to an activating group) is 1. The minimum Gasteiger partial charge on any atom is -0.326 e. The lowest BCUT2D eigenvalue weighted by Crippen LogP contribution is -2.41.